The van der Waals surface area contributed by atoms with Gasteiger partial charge in [-0.3, -0.25) is 4.99 Å². The van der Waals surface area contributed by atoms with Crippen LogP contribution in [0.4, 0.5) is 23.2 Å². The Balaban J connectivity index is 1.86. The predicted octanol–water partition coefficient (Wildman–Crippen LogP) is 5.59. The Morgan fingerprint density at radius 1 is 1.11 bits per heavy atom. The van der Waals surface area contributed by atoms with E-state index in [0.717, 1.165) is 17.8 Å². The number of rotatable bonds is 5. The van der Waals surface area contributed by atoms with Crippen LogP contribution in [-0.2, 0) is 6.42 Å². The van der Waals surface area contributed by atoms with Crippen molar-refractivity contribution in [3.05, 3.63) is 65.9 Å². The van der Waals surface area contributed by atoms with Gasteiger partial charge in [0, 0.05) is 17.8 Å². The Morgan fingerprint density at radius 2 is 1.85 bits per heavy atom. The first-order valence-electron chi connectivity index (χ1n) is 8.41. The van der Waals surface area contributed by atoms with E-state index in [0.29, 0.717) is 5.82 Å². The van der Waals surface area contributed by atoms with Gasteiger partial charge in [0.2, 0.25) is 0 Å². The maximum Gasteiger partial charge on any atom is 0.396 e. The molecule has 0 fully saturated rings. The summed E-state index contributed by atoms with van der Waals surface area (Å²) in [5.74, 6) is -1.89. The molecule has 1 aromatic heterocycles. The van der Waals surface area contributed by atoms with Crippen LogP contribution in [0.5, 0.6) is 0 Å². The molecule has 27 heavy (non-hydrogen) atoms. The molecule has 3 rings (SSSR count). The normalized spacial score (nSPS) is 13.4. The summed E-state index contributed by atoms with van der Waals surface area (Å²) in [6.07, 6.45) is -1.99. The van der Waals surface area contributed by atoms with Crippen molar-refractivity contribution >= 4 is 22.8 Å². The Morgan fingerprint density at radius 3 is 2.56 bits per heavy atom. The van der Waals surface area contributed by atoms with E-state index in [-0.39, 0.29) is 29.4 Å². The summed E-state index contributed by atoms with van der Waals surface area (Å²) in [6, 6.07) is 11.5. The van der Waals surface area contributed by atoms with Crippen molar-refractivity contribution in [2.75, 3.05) is 0 Å². The number of aryl methyl sites for hydroxylation is 2. The molecule has 0 bridgehead atoms. The SMILES string of the molecule is Cc1ncc2c(N=CC(CCc3ccccc3)C(F)(F)F)ccc(F)c2n1. The quantitative estimate of drug-likeness (QED) is 0.431. The third-order valence-electron chi connectivity index (χ3n) is 4.20. The molecule has 0 amide bonds. The fraction of sp³-hybridized carbons (Fsp3) is 0.250. The second-order valence-electron chi connectivity index (χ2n) is 6.20. The summed E-state index contributed by atoms with van der Waals surface area (Å²) >= 11 is 0. The lowest BCUT2D eigenvalue weighted by molar-refractivity contribution is -0.155. The minimum absolute atomic E-state index is 0.0463. The molecule has 0 saturated carbocycles. The Bertz CT molecular complexity index is 953. The second-order valence-corrected chi connectivity index (χ2v) is 6.20. The summed E-state index contributed by atoms with van der Waals surface area (Å²) in [5.41, 5.74) is 1.08. The van der Waals surface area contributed by atoms with E-state index < -0.39 is 17.9 Å². The van der Waals surface area contributed by atoms with Gasteiger partial charge in [-0.2, -0.15) is 13.2 Å². The monoisotopic (exact) mass is 375 g/mol. The van der Waals surface area contributed by atoms with Crippen molar-refractivity contribution in [3.8, 4) is 0 Å². The standard InChI is InChI=1S/C20H17F4N3/c1-13-25-12-16-18(10-9-17(21)19(16)27-13)26-11-15(20(22,23)24)8-7-14-5-3-2-4-6-14/h2-6,9-12,15H,7-8H2,1H3. The number of hydrogen-bond acceptors (Lipinski definition) is 3. The summed E-state index contributed by atoms with van der Waals surface area (Å²) < 4.78 is 54.1. The molecule has 0 aliphatic heterocycles. The fourth-order valence-electron chi connectivity index (χ4n) is 2.73. The topological polar surface area (TPSA) is 38.1 Å². The van der Waals surface area contributed by atoms with Gasteiger partial charge in [-0.1, -0.05) is 30.3 Å². The van der Waals surface area contributed by atoms with Crippen molar-refractivity contribution < 1.29 is 17.6 Å². The van der Waals surface area contributed by atoms with Gasteiger partial charge in [0.1, 0.15) is 17.2 Å². The number of alkyl halides is 3. The van der Waals surface area contributed by atoms with E-state index in [1.165, 1.54) is 12.3 Å². The number of halogens is 4. The Kier molecular flexibility index (Phi) is 5.48. The summed E-state index contributed by atoms with van der Waals surface area (Å²) in [4.78, 5) is 12.0. The molecule has 0 spiro atoms. The number of benzene rings is 2. The van der Waals surface area contributed by atoms with Crippen LogP contribution in [0.25, 0.3) is 10.9 Å². The number of nitrogens with zero attached hydrogens (tertiary/aromatic N) is 3. The molecular formula is C20H17F4N3. The molecule has 0 N–H and O–H groups in total. The Labute approximate surface area is 153 Å². The lowest BCUT2D eigenvalue weighted by atomic mass is 10.00. The highest BCUT2D eigenvalue weighted by Crippen LogP contribution is 2.31. The molecule has 0 aliphatic rings. The van der Waals surface area contributed by atoms with Crippen LogP contribution >= 0.6 is 0 Å². The van der Waals surface area contributed by atoms with Gasteiger partial charge >= 0.3 is 6.18 Å². The first kappa shape index (κ1) is 18.9. The molecule has 3 nitrogen and oxygen atoms in total. The maximum atomic E-state index is 13.9. The van der Waals surface area contributed by atoms with Crippen LogP contribution in [0, 0.1) is 18.7 Å². The zero-order valence-electron chi connectivity index (χ0n) is 14.5. The first-order valence-corrected chi connectivity index (χ1v) is 8.41. The average Bonchev–Trinajstić information content (AvgIpc) is 2.63. The van der Waals surface area contributed by atoms with E-state index in [1.807, 2.05) is 6.07 Å². The highest BCUT2D eigenvalue weighted by molar-refractivity contribution is 5.91. The first-order chi connectivity index (χ1) is 12.8. The van der Waals surface area contributed by atoms with Gasteiger partial charge < -0.3 is 0 Å². The van der Waals surface area contributed by atoms with E-state index >= 15 is 0 Å². The molecule has 140 valence electrons. The minimum atomic E-state index is -4.42. The van der Waals surface area contributed by atoms with E-state index in [4.69, 9.17) is 0 Å². The van der Waals surface area contributed by atoms with Crippen LogP contribution in [-0.4, -0.2) is 22.4 Å². The lowest BCUT2D eigenvalue weighted by Gasteiger charge is -2.16. The van der Waals surface area contributed by atoms with Gasteiger partial charge in [-0.15, -0.1) is 0 Å². The van der Waals surface area contributed by atoms with Crippen molar-refractivity contribution in [2.24, 2.45) is 10.9 Å². The van der Waals surface area contributed by atoms with Crippen LogP contribution in [0.3, 0.4) is 0 Å². The number of aromatic nitrogens is 2. The van der Waals surface area contributed by atoms with Crippen molar-refractivity contribution in [1.82, 2.24) is 9.97 Å². The molecule has 0 saturated heterocycles. The fourth-order valence-corrected chi connectivity index (χ4v) is 2.73. The maximum absolute atomic E-state index is 13.9. The Hall–Kier alpha value is -2.83. The van der Waals surface area contributed by atoms with Crippen LogP contribution in [0.1, 0.15) is 17.8 Å². The molecular weight excluding hydrogens is 358 g/mol. The van der Waals surface area contributed by atoms with Crippen LogP contribution in [0.15, 0.2) is 53.7 Å². The molecule has 7 heteroatoms. The summed E-state index contributed by atoms with van der Waals surface area (Å²) in [5, 5.41) is 0.279. The van der Waals surface area contributed by atoms with Gasteiger partial charge in [0.25, 0.3) is 0 Å². The largest absolute Gasteiger partial charge is 0.396 e. The lowest BCUT2D eigenvalue weighted by Crippen LogP contribution is -2.24. The van der Waals surface area contributed by atoms with Gasteiger partial charge in [0.15, 0.2) is 0 Å². The van der Waals surface area contributed by atoms with Gasteiger partial charge in [0.05, 0.1) is 11.6 Å². The van der Waals surface area contributed by atoms with Crippen molar-refractivity contribution in [2.45, 2.75) is 25.9 Å². The highest BCUT2D eigenvalue weighted by atomic mass is 19.4. The summed E-state index contributed by atoms with van der Waals surface area (Å²) in [7, 11) is 0. The predicted molar refractivity (Wildman–Crippen MR) is 96.7 cm³/mol. The second kappa shape index (κ2) is 7.82. The number of hydrogen-bond donors (Lipinski definition) is 0. The van der Waals surface area contributed by atoms with E-state index in [9.17, 15) is 17.6 Å². The van der Waals surface area contributed by atoms with Crippen molar-refractivity contribution in [3.63, 3.8) is 0 Å². The molecule has 2 aromatic carbocycles. The molecule has 1 unspecified atom stereocenters. The van der Waals surface area contributed by atoms with Gasteiger partial charge in [-0.05, 0) is 37.5 Å². The molecule has 1 heterocycles. The molecule has 0 aliphatic carbocycles. The number of fused-ring (bicyclic) bond motifs is 1. The van der Waals surface area contributed by atoms with Crippen LogP contribution < -0.4 is 0 Å². The molecule has 0 radical (unpaired) electrons. The third-order valence-corrected chi connectivity index (χ3v) is 4.20. The number of aliphatic imine (C=N–C) groups is 1. The van der Waals surface area contributed by atoms with E-state index in [1.54, 1.807) is 31.2 Å². The summed E-state index contributed by atoms with van der Waals surface area (Å²) in [6.45, 7) is 1.61. The third kappa shape index (κ3) is 4.67. The average molecular weight is 375 g/mol. The van der Waals surface area contributed by atoms with Crippen LogP contribution in [0.2, 0.25) is 0 Å². The zero-order chi connectivity index (χ0) is 19.4. The minimum Gasteiger partial charge on any atom is -0.260 e. The van der Waals surface area contributed by atoms with E-state index in [2.05, 4.69) is 15.0 Å². The zero-order valence-corrected chi connectivity index (χ0v) is 14.5. The van der Waals surface area contributed by atoms with Crippen molar-refractivity contribution in [1.29, 1.82) is 0 Å². The van der Waals surface area contributed by atoms with Gasteiger partial charge in [-0.25, -0.2) is 14.4 Å². The molecule has 1 atom stereocenters. The highest BCUT2D eigenvalue weighted by Gasteiger charge is 2.38. The molecule has 3 aromatic rings. The smallest absolute Gasteiger partial charge is 0.260 e.